The van der Waals surface area contributed by atoms with Gasteiger partial charge in [-0.2, -0.15) is 0 Å². The van der Waals surface area contributed by atoms with Gasteiger partial charge in [0.2, 0.25) is 0 Å². The Bertz CT molecular complexity index is 235. The zero-order chi connectivity index (χ0) is 11.4. The molecule has 0 saturated heterocycles. The molecule has 0 saturated carbocycles. The van der Waals surface area contributed by atoms with E-state index in [-0.39, 0.29) is 5.41 Å². The quantitative estimate of drug-likeness (QED) is 0.544. The SMILES string of the molecule is C=C(C)C(=CC(C)(C)CCC)C(=C)C. The molecule has 80 valence electrons. The summed E-state index contributed by atoms with van der Waals surface area (Å²) in [5, 5.41) is 0. The van der Waals surface area contributed by atoms with Gasteiger partial charge in [-0.1, -0.05) is 57.6 Å². The summed E-state index contributed by atoms with van der Waals surface area (Å²) in [4.78, 5) is 0. The smallest absolute Gasteiger partial charge is 0.0166 e. The molecular formula is C14H24. The first kappa shape index (κ1) is 13.2. The molecule has 0 unspecified atom stereocenters. The summed E-state index contributed by atoms with van der Waals surface area (Å²) in [5.74, 6) is 0. The molecule has 0 fully saturated rings. The number of hydrogen-bond acceptors (Lipinski definition) is 0. The van der Waals surface area contributed by atoms with E-state index in [2.05, 4.69) is 40.0 Å². The van der Waals surface area contributed by atoms with Gasteiger partial charge in [-0.15, -0.1) is 0 Å². The molecule has 14 heavy (non-hydrogen) atoms. The summed E-state index contributed by atoms with van der Waals surface area (Å²) in [6.07, 6.45) is 4.72. The van der Waals surface area contributed by atoms with Crippen LogP contribution in [0.15, 0.2) is 36.0 Å². The normalized spacial score (nSPS) is 10.9. The van der Waals surface area contributed by atoms with E-state index in [0.29, 0.717) is 0 Å². The summed E-state index contributed by atoms with van der Waals surface area (Å²) in [7, 11) is 0. The maximum absolute atomic E-state index is 3.99. The van der Waals surface area contributed by atoms with Crippen LogP contribution in [0.1, 0.15) is 47.5 Å². The Kier molecular flexibility index (Phi) is 4.90. The topological polar surface area (TPSA) is 0 Å². The molecule has 0 radical (unpaired) electrons. The Labute approximate surface area is 89.4 Å². The highest BCUT2D eigenvalue weighted by Crippen LogP contribution is 2.29. The van der Waals surface area contributed by atoms with E-state index in [1.165, 1.54) is 18.4 Å². The second-order valence-corrected chi connectivity index (χ2v) is 4.86. The van der Waals surface area contributed by atoms with Crippen molar-refractivity contribution in [3.8, 4) is 0 Å². The highest BCUT2D eigenvalue weighted by atomic mass is 14.2. The third kappa shape index (κ3) is 4.45. The van der Waals surface area contributed by atoms with E-state index in [9.17, 15) is 0 Å². The Hall–Kier alpha value is -0.780. The molecule has 0 aromatic heterocycles. The van der Waals surface area contributed by atoms with Gasteiger partial charge in [0.05, 0.1) is 0 Å². The second kappa shape index (κ2) is 5.19. The van der Waals surface area contributed by atoms with Crippen LogP contribution in [-0.4, -0.2) is 0 Å². The molecule has 0 spiro atoms. The van der Waals surface area contributed by atoms with Crippen molar-refractivity contribution >= 4 is 0 Å². The second-order valence-electron chi connectivity index (χ2n) is 4.86. The predicted molar refractivity (Wildman–Crippen MR) is 66.4 cm³/mol. The van der Waals surface area contributed by atoms with Gasteiger partial charge in [-0.25, -0.2) is 0 Å². The fourth-order valence-corrected chi connectivity index (χ4v) is 1.72. The van der Waals surface area contributed by atoms with Crippen LogP contribution < -0.4 is 0 Å². The van der Waals surface area contributed by atoms with Crippen LogP contribution in [-0.2, 0) is 0 Å². The maximum Gasteiger partial charge on any atom is -0.0166 e. The zero-order valence-corrected chi connectivity index (χ0v) is 10.4. The fraction of sp³-hybridized carbons (Fsp3) is 0.571. The monoisotopic (exact) mass is 192 g/mol. The lowest BCUT2D eigenvalue weighted by atomic mass is 9.83. The molecule has 0 nitrogen and oxygen atoms in total. The lowest BCUT2D eigenvalue weighted by Gasteiger charge is -2.22. The Morgan fingerprint density at radius 2 is 1.57 bits per heavy atom. The van der Waals surface area contributed by atoms with Gasteiger partial charge in [0.25, 0.3) is 0 Å². The van der Waals surface area contributed by atoms with E-state index in [4.69, 9.17) is 0 Å². The fourth-order valence-electron chi connectivity index (χ4n) is 1.72. The molecule has 0 bridgehead atoms. The van der Waals surface area contributed by atoms with Crippen molar-refractivity contribution in [3.63, 3.8) is 0 Å². The van der Waals surface area contributed by atoms with Crippen LogP contribution >= 0.6 is 0 Å². The molecule has 0 heteroatoms. The summed E-state index contributed by atoms with van der Waals surface area (Å²) in [5.41, 5.74) is 3.70. The average Bonchev–Trinajstić information content (AvgIpc) is 1.99. The first-order chi connectivity index (χ1) is 6.30. The first-order valence-electron chi connectivity index (χ1n) is 5.35. The standard InChI is InChI=1S/C14H24/c1-8-9-14(6,7)10-13(11(2)3)12(4)5/h10H,2,4,8-9H2,1,3,5-7H3. The highest BCUT2D eigenvalue weighted by molar-refractivity contribution is 5.42. The van der Waals surface area contributed by atoms with Gasteiger partial charge in [-0.05, 0) is 31.3 Å². The Balaban J connectivity index is 4.90. The lowest BCUT2D eigenvalue weighted by molar-refractivity contribution is 0.430. The van der Waals surface area contributed by atoms with Gasteiger partial charge < -0.3 is 0 Å². The van der Waals surface area contributed by atoms with Crippen molar-refractivity contribution in [1.29, 1.82) is 0 Å². The average molecular weight is 192 g/mol. The van der Waals surface area contributed by atoms with Crippen LogP contribution in [0.5, 0.6) is 0 Å². The first-order valence-corrected chi connectivity index (χ1v) is 5.35. The largest absolute Gasteiger partial charge is 0.0955 e. The third-order valence-electron chi connectivity index (χ3n) is 2.35. The van der Waals surface area contributed by atoms with E-state index in [0.717, 1.165) is 11.1 Å². The number of rotatable bonds is 5. The Morgan fingerprint density at radius 1 is 1.14 bits per heavy atom. The Morgan fingerprint density at radius 3 is 1.86 bits per heavy atom. The van der Waals surface area contributed by atoms with E-state index < -0.39 is 0 Å². The number of hydrogen-bond donors (Lipinski definition) is 0. The van der Waals surface area contributed by atoms with E-state index in [1.54, 1.807) is 0 Å². The molecule has 0 amide bonds. The summed E-state index contributed by atoms with van der Waals surface area (Å²) >= 11 is 0. The molecule has 0 aliphatic rings. The molecule has 0 aromatic carbocycles. The van der Waals surface area contributed by atoms with Crippen molar-refractivity contribution in [3.05, 3.63) is 36.0 Å². The van der Waals surface area contributed by atoms with Crippen LogP contribution in [0, 0.1) is 5.41 Å². The van der Waals surface area contributed by atoms with Crippen molar-refractivity contribution in [2.24, 2.45) is 5.41 Å². The van der Waals surface area contributed by atoms with Crippen molar-refractivity contribution in [2.75, 3.05) is 0 Å². The molecule has 0 heterocycles. The van der Waals surface area contributed by atoms with E-state index in [1.807, 2.05) is 13.8 Å². The van der Waals surface area contributed by atoms with Crippen LogP contribution in [0.4, 0.5) is 0 Å². The van der Waals surface area contributed by atoms with Gasteiger partial charge in [0, 0.05) is 0 Å². The van der Waals surface area contributed by atoms with Crippen molar-refractivity contribution in [2.45, 2.75) is 47.5 Å². The molecule has 0 atom stereocenters. The van der Waals surface area contributed by atoms with Gasteiger partial charge >= 0.3 is 0 Å². The summed E-state index contributed by atoms with van der Waals surface area (Å²) in [6, 6.07) is 0. The van der Waals surface area contributed by atoms with Crippen LogP contribution in [0.3, 0.4) is 0 Å². The minimum Gasteiger partial charge on any atom is -0.0955 e. The third-order valence-corrected chi connectivity index (χ3v) is 2.35. The highest BCUT2D eigenvalue weighted by Gasteiger charge is 2.14. The van der Waals surface area contributed by atoms with Gasteiger partial charge in [0.1, 0.15) is 0 Å². The van der Waals surface area contributed by atoms with Crippen LogP contribution in [0.2, 0.25) is 0 Å². The molecular weight excluding hydrogens is 168 g/mol. The van der Waals surface area contributed by atoms with Gasteiger partial charge in [-0.3, -0.25) is 0 Å². The molecule has 0 aromatic rings. The van der Waals surface area contributed by atoms with Crippen molar-refractivity contribution in [1.82, 2.24) is 0 Å². The maximum atomic E-state index is 3.99. The summed E-state index contributed by atoms with van der Waals surface area (Å²) in [6.45, 7) is 18.8. The van der Waals surface area contributed by atoms with Crippen LogP contribution in [0.25, 0.3) is 0 Å². The zero-order valence-electron chi connectivity index (χ0n) is 10.4. The summed E-state index contributed by atoms with van der Waals surface area (Å²) < 4.78 is 0. The predicted octanol–water partition coefficient (Wildman–Crippen LogP) is 4.89. The van der Waals surface area contributed by atoms with Crippen molar-refractivity contribution < 1.29 is 0 Å². The molecule has 0 rings (SSSR count). The minimum absolute atomic E-state index is 0.252. The minimum atomic E-state index is 0.252. The molecule has 0 N–H and O–H groups in total. The molecule has 0 aliphatic heterocycles. The van der Waals surface area contributed by atoms with Gasteiger partial charge in [0.15, 0.2) is 0 Å². The molecule has 0 aliphatic carbocycles. The van der Waals surface area contributed by atoms with E-state index >= 15 is 0 Å². The number of allylic oxidation sites excluding steroid dienone is 4. The lowest BCUT2D eigenvalue weighted by Crippen LogP contribution is -2.08.